The van der Waals surface area contributed by atoms with Gasteiger partial charge >= 0.3 is 18.1 Å². The van der Waals surface area contributed by atoms with Crippen molar-refractivity contribution in [3.8, 4) is 22.5 Å². The Balaban J connectivity index is 1.91. The molecule has 282 valence electrons. The number of nitrogens with one attached hydrogen (secondary N) is 8. The zero-order valence-corrected chi connectivity index (χ0v) is 30.5. The van der Waals surface area contributed by atoms with Crippen LogP contribution < -0.4 is 62.5 Å². The summed E-state index contributed by atoms with van der Waals surface area (Å²) in [5.41, 5.74) is 3.10. The second-order valence-electron chi connectivity index (χ2n) is 11.8. The summed E-state index contributed by atoms with van der Waals surface area (Å²) in [7, 11) is 6.41. The van der Waals surface area contributed by atoms with Gasteiger partial charge in [0.2, 0.25) is 5.36 Å². The first-order valence-corrected chi connectivity index (χ1v) is 17.2. The number of hydrogen-bond donors (Lipinski definition) is 8. The zero-order chi connectivity index (χ0) is 38.3. The van der Waals surface area contributed by atoms with Gasteiger partial charge in [-0.05, 0) is 23.8 Å². The van der Waals surface area contributed by atoms with E-state index in [4.69, 9.17) is 4.42 Å². The minimum absolute atomic E-state index is 0.0365. The van der Waals surface area contributed by atoms with Gasteiger partial charge in [0, 0.05) is 94.3 Å². The van der Waals surface area contributed by atoms with E-state index < -0.39 is 5.97 Å². The molecule has 0 fully saturated rings. The Kier molecular flexibility index (Phi) is 14.3. The standard InChI is InChI=1S/C37H48N10O6/c1-24(38-2)42-14-18-46(19-15-43-35(50)39-3)25-10-12-29-31(22-25)53-32-23-26(47(20-16-44-36(51)40-4)21-17-45-37(52)41-5)11-13-30(32)33(29)27-8-6-7-9-28(27)34(48)49/h6-13,22-23,38,42H,1,14-21H2,2-5H3,(H6-,39,40,41,43,44,45,48,49,50,51,52). The van der Waals surface area contributed by atoms with Crippen LogP contribution in [0.15, 0.2) is 77.5 Å². The predicted octanol–water partition coefficient (Wildman–Crippen LogP) is 0.214. The predicted molar refractivity (Wildman–Crippen MR) is 203 cm³/mol. The van der Waals surface area contributed by atoms with E-state index in [-0.39, 0.29) is 23.7 Å². The zero-order valence-electron chi connectivity index (χ0n) is 30.5. The Morgan fingerprint density at radius 1 is 0.717 bits per heavy atom. The molecule has 0 radical (unpaired) electrons. The fraction of sp³-hybridized carbons (Fsp3) is 0.324. The number of carboxylic acids is 1. The third-order valence-electron chi connectivity index (χ3n) is 8.54. The summed E-state index contributed by atoms with van der Waals surface area (Å²) in [5, 5.41) is 36.1. The molecule has 0 saturated carbocycles. The van der Waals surface area contributed by atoms with E-state index in [1.807, 2.05) is 41.3 Å². The summed E-state index contributed by atoms with van der Waals surface area (Å²) in [6, 6.07) is 17.2. The minimum atomic E-state index is -1.31. The minimum Gasteiger partial charge on any atom is -0.545 e. The second kappa shape index (κ2) is 19.2. The molecule has 1 aliphatic carbocycles. The van der Waals surface area contributed by atoms with Crippen molar-refractivity contribution in [3.63, 3.8) is 0 Å². The molecule has 4 rings (SSSR count). The summed E-state index contributed by atoms with van der Waals surface area (Å²) in [6.07, 6.45) is 0. The van der Waals surface area contributed by atoms with Gasteiger partial charge in [-0.25, -0.2) is 19.0 Å². The first-order valence-electron chi connectivity index (χ1n) is 17.2. The van der Waals surface area contributed by atoms with Crippen LogP contribution in [0.4, 0.5) is 20.1 Å². The van der Waals surface area contributed by atoms with Crippen LogP contribution in [0.2, 0.25) is 0 Å². The molecule has 0 unspecified atom stereocenters. The quantitative estimate of drug-likeness (QED) is 0.0552. The Labute approximate surface area is 308 Å². The highest BCUT2D eigenvalue weighted by Crippen LogP contribution is 2.41. The number of benzene rings is 3. The fourth-order valence-corrected chi connectivity index (χ4v) is 5.78. The van der Waals surface area contributed by atoms with Crippen LogP contribution in [-0.4, -0.2) is 105 Å². The summed E-state index contributed by atoms with van der Waals surface area (Å²) >= 11 is 0. The first-order chi connectivity index (χ1) is 25.6. The molecule has 1 heterocycles. The molecule has 1 aliphatic heterocycles. The molecule has 2 aromatic rings. The Bertz CT molecular complexity index is 1930. The molecule has 0 atom stereocenters. The van der Waals surface area contributed by atoms with E-state index in [9.17, 15) is 24.3 Å². The highest BCUT2D eigenvalue weighted by Gasteiger charge is 2.22. The lowest BCUT2D eigenvalue weighted by molar-refractivity contribution is -0.254. The average Bonchev–Trinajstić information content (AvgIpc) is 3.17. The number of anilines is 1. The van der Waals surface area contributed by atoms with E-state index in [1.165, 1.54) is 20.2 Å². The van der Waals surface area contributed by atoms with Crippen LogP contribution in [0.5, 0.6) is 0 Å². The van der Waals surface area contributed by atoms with Crippen LogP contribution >= 0.6 is 0 Å². The third kappa shape index (κ3) is 10.5. The van der Waals surface area contributed by atoms with Crippen molar-refractivity contribution in [2.24, 2.45) is 0 Å². The van der Waals surface area contributed by atoms with Crippen molar-refractivity contribution in [2.75, 3.05) is 85.4 Å². The first kappa shape index (κ1) is 39.3. The van der Waals surface area contributed by atoms with Crippen molar-refractivity contribution in [2.45, 2.75) is 0 Å². The lowest BCUT2D eigenvalue weighted by atomic mass is 9.90. The van der Waals surface area contributed by atoms with E-state index in [2.05, 4.69) is 53.7 Å². The van der Waals surface area contributed by atoms with Gasteiger partial charge in [0.1, 0.15) is 11.3 Å². The van der Waals surface area contributed by atoms with Gasteiger partial charge in [0.05, 0.1) is 30.9 Å². The molecule has 16 nitrogen and oxygen atoms in total. The van der Waals surface area contributed by atoms with E-state index >= 15 is 0 Å². The van der Waals surface area contributed by atoms with Gasteiger partial charge in [-0.2, -0.15) is 0 Å². The molecule has 2 aromatic carbocycles. The molecule has 0 saturated heterocycles. The molecule has 16 heteroatoms. The van der Waals surface area contributed by atoms with Gasteiger partial charge in [-0.1, -0.05) is 30.8 Å². The molecular formula is C37H48N10O6. The van der Waals surface area contributed by atoms with Gasteiger partial charge in [-0.15, -0.1) is 0 Å². The molecular weight excluding hydrogens is 680 g/mol. The monoisotopic (exact) mass is 728 g/mol. The average molecular weight is 729 g/mol. The summed E-state index contributed by atoms with van der Waals surface area (Å²) < 4.78 is 8.73. The molecule has 53 heavy (non-hydrogen) atoms. The van der Waals surface area contributed by atoms with Gasteiger partial charge in [0.25, 0.3) is 0 Å². The molecule has 0 aromatic heterocycles. The number of hydrogen-bond acceptors (Lipinski definition) is 9. The maximum absolute atomic E-state index is 12.4. The summed E-state index contributed by atoms with van der Waals surface area (Å²) in [4.78, 5) is 50.1. The number of fused-ring (bicyclic) bond motifs is 2. The number of carbonyl (C=O) groups is 4. The molecule has 8 N–H and O–H groups in total. The number of carboxylic acid groups (broad SMARTS) is 1. The van der Waals surface area contributed by atoms with Crippen molar-refractivity contribution in [3.05, 3.63) is 84.0 Å². The number of rotatable bonds is 17. The topological polar surface area (TPSA) is 207 Å². The lowest BCUT2D eigenvalue weighted by Gasteiger charge is -2.26. The number of urea groups is 3. The second-order valence-corrected chi connectivity index (χ2v) is 11.8. The van der Waals surface area contributed by atoms with Crippen LogP contribution in [0.1, 0.15) is 10.4 Å². The Morgan fingerprint density at radius 2 is 1.32 bits per heavy atom. The van der Waals surface area contributed by atoms with Crippen LogP contribution in [-0.2, 0) is 0 Å². The van der Waals surface area contributed by atoms with Gasteiger partial charge in [0.15, 0.2) is 13.1 Å². The van der Waals surface area contributed by atoms with Crippen molar-refractivity contribution in [1.82, 2.24) is 47.1 Å². The molecule has 2 aliphatic rings. The summed E-state index contributed by atoms with van der Waals surface area (Å²) in [6.45, 7) is 7.36. The smallest absolute Gasteiger partial charge is 0.314 e. The number of aromatic carboxylic acids is 1. The van der Waals surface area contributed by atoms with E-state index in [0.29, 0.717) is 91.6 Å². The molecule has 0 spiro atoms. The highest BCUT2D eigenvalue weighted by atomic mass is 16.4. The van der Waals surface area contributed by atoms with E-state index in [1.54, 1.807) is 32.3 Å². The summed E-state index contributed by atoms with van der Waals surface area (Å²) in [5.74, 6) is -0.135. The van der Waals surface area contributed by atoms with Crippen LogP contribution in [0.3, 0.4) is 0 Å². The van der Waals surface area contributed by atoms with Gasteiger partial charge in [-0.3, -0.25) is 0 Å². The Morgan fingerprint density at radius 3 is 1.92 bits per heavy atom. The van der Waals surface area contributed by atoms with Crippen molar-refractivity contribution in [1.29, 1.82) is 0 Å². The largest absolute Gasteiger partial charge is 0.545 e. The maximum atomic E-state index is 12.4. The number of carbonyl (C=O) groups excluding carboxylic acids is 4. The van der Waals surface area contributed by atoms with Crippen LogP contribution in [0, 0.1) is 0 Å². The SMILES string of the molecule is C=C(NC)NCC[N+](CCNC(=O)NC)=c1ccc2c(-c3ccccc3C(=O)[O-])c3ccc(N(CCNC(=O)NC)CCNC(=O)NC)cc3oc-2c1. The highest BCUT2D eigenvalue weighted by molar-refractivity contribution is 6.07. The number of amides is 6. The van der Waals surface area contributed by atoms with E-state index in [0.717, 1.165) is 11.0 Å². The fourth-order valence-electron chi connectivity index (χ4n) is 5.78. The van der Waals surface area contributed by atoms with Crippen molar-refractivity contribution >= 4 is 40.7 Å². The van der Waals surface area contributed by atoms with Gasteiger partial charge < -0.3 is 61.8 Å². The normalized spacial score (nSPS) is 11.2. The molecule has 0 bridgehead atoms. The maximum Gasteiger partial charge on any atom is 0.314 e. The number of nitrogens with zero attached hydrogens (tertiary/aromatic N) is 2. The van der Waals surface area contributed by atoms with Crippen LogP contribution in [0.25, 0.3) is 33.4 Å². The molecule has 6 amide bonds. The third-order valence-corrected chi connectivity index (χ3v) is 8.54. The van der Waals surface area contributed by atoms with Crippen molar-refractivity contribution < 1.29 is 28.7 Å². The Hall–Kier alpha value is -6.45. The lowest BCUT2D eigenvalue weighted by Crippen LogP contribution is -2.43.